The topological polar surface area (TPSA) is 58.3 Å². The summed E-state index contributed by atoms with van der Waals surface area (Å²) in [6.45, 7) is 7.91. The quantitative estimate of drug-likeness (QED) is 0.686. The predicted octanol–water partition coefficient (Wildman–Crippen LogP) is 2.41. The molecule has 0 radical (unpaired) electrons. The Morgan fingerprint density at radius 3 is 2.76 bits per heavy atom. The van der Waals surface area contributed by atoms with E-state index in [1.54, 1.807) is 11.0 Å². The molecule has 2 atom stereocenters. The molecule has 1 saturated heterocycles. The number of hydrogen-bond acceptors (Lipinski definition) is 3. The molecule has 0 spiro atoms. The summed E-state index contributed by atoms with van der Waals surface area (Å²) in [5.74, 6) is 3.07. The van der Waals surface area contributed by atoms with Crippen LogP contribution in [0.2, 0.25) is 0 Å². The van der Waals surface area contributed by atoms with Crippen molar-refractivity contribution < 1.29 is 0 Å². The number of benzene rings is 1. The molecule has 3 rings (SSSR count). The molecule has 2 heterocycles. The Balaban J connectivity index is 1.68. The maximum atomic E-state index is 4.78. The summed E-state index contributed by atoms with van der Waals surface area (Å²) in [5, 5.41) is 7.54. The second-order valence-electron chi connectivity index (χ2n) is 6.70. The minimum atomic E-state index is 0.547. The van der Waals surface area contributed by atoms with E-state index < -0.39 is 0 Å². The van der Waals surface area contributed by atoms with Crippen molar-refractivity contribution in [1.82, 2.24) is 25.0 Å². The maximum Gasteiger partial charge on any atom is 0.194 e. The molecule has 1 aromatic heterocycles. The van der Waals surface area contributed by atoms with Crippen molar-refractivity contribution in [2.45, 2.75) is 32.7 Å². The number of guanidine groups is 1. The first-order valence-electron chi connectivity index (χ1n) is 9.10. The molecule has 0 aliphatic carbocycles. The Kier molecular flexibility index (Phi) is 5.68. The van der Waals surface area contributed by atoms with Crippen LogP contribution in [0.25, 0.3) is 0 Å². The van der Waals surface area contributed by atoms with Crippen LogP contribution in [0.15, 0.2) is 41.7 Å². The summed E-state index contributed by atoms with van der Waals surface area (Å²) in [6.07, 6.45) is 2.73. The van der Waals surface area contributed by atoms with Crippen LogP contribution in [-0.2, 0) is 13.6 Å². The van der Waals surface area contributed by atoms with Gasteiger partial charge in [-0.1, -0.05) is 37.3 Å². The van der Waals surface area contributed by atoms with Crippen molar-refractivity contribution in [3.63, 3.8) is 0 Å². The average Bonchev–Trinajstić information content (AvgIpc) is 3.04. The number of nitrogens with zero attached hydrogens (tertiary/aromatic N) is 5. The highest BCUT2D eigenvalue weighted by molar-refractivity contribution is 5.80. The van der Waals surface area contributed by atoms with E-state index in [1.807, 2.05) is 7.05 Å². The number of hydrogen-bond donors (Lipinski definition) is 1. The van der Waals surface area contributed by atoms with Gasteiger partial charge < -0.3 is 10.2 Å². The molecule has 0 bridgehead atoms. The molecular weight excluding hydrogens is 312 g/mol. The summed E-state index contributed by atoms with van der Waals surface area (Å²) in [7, 11) is 1.90. The van der Waals surface area contributed by atoms with E-state index in [-0.39, 0.29) is 0 Å². The number of rotatable bonds is 4. The van der Waals surface area contributed by atoms with Gasteiger partial charge in [-0.3, -0.25) is 4.68 Å². The van der Waals surface area contributed by atoms with Gasteiger partial charge in [0.25, 0.3) is 0 Å². The van der Waals surface area contributed by atoms with E-state index >= 15 is 0 Å². The highest BCUT2D eigenvalue weighted by Crippen LogP contribution is 2.32. The highest BCUT2D eigenvalue weighted by Gasteiger charge is 2.28. The minimum Gasteiger partial charge on any atom is -0.357 e. The van der Waals surface area contributed by atoms with Gasteiger partial charge in [0, 0.05) is 26.7 Å². The fourth-order valence-electron chi connectivity index (χ4n) is 3.57. The SMILES string of the molecule is CCNC(=NCc1ncnn1C)N1CCC(c2ccccc2)C(C)C1. The van der Waals surface area contributed by atoms with Gasteiger partial charge >= 0.3 is 0 Å². The van der Waals surface area contributed by atoms with Crippen molar-refractivity contribution in [3.05, 3.63) is 48.0 Å². The number of nitrogens with one attached hydrogen (secondary N) is 1. The molecule has 1 aromatic carbocycles. The van der Waals surface area contributed by atoms with E-state index in [1.165, 1.54) is 5.56 Å². The Hall–Kier alpha value is -2.37. The third-order valence-electron chi connectivity index (χ3n) is 4.94. The summed E-state index contributed by atoms with van der Waals surface area (Å²) in [4.78, 5) is 11.4. The Labute approximate surface area is 150 Å². The van der Waals surface area contributed by atoms with Crippen LogP contribution < -0.4 is 5.32 Å². The van der Waals surface area contributed by atoms with Crippen molar-refractivity contribution in [2.24, 2.45) is 18.0 Å². The second kappa shape index (κ2) is 8.14. The second-order valence-corrected chi connectivity index (χ2v) is 6.70. The van der Waals surface area contributed by atoms with Gasteiger partial charge in [0.15, 0.2) is 5.96 Å². The molecule has 1 aliphatic heterocycles. The standard InChI is InChI=1S/C19H28N6/c1-4-20-19(21-12-18-22-14-23-24(18)3)25-11-10-17(15(2)13-25)16-8-6-5-7-9-16/h5-9,14-15,17H,4,10-13H2,1-3H3,(H,20,21). The van der Waals surface area contributed by atoms with E-state index in [4.69, 9.17) is 4.99 Å². The smallest absolute Gasteiger partial charge is 0.194 e. The van der Waals surface area contributed by atoms with Crippen LogP contribution in [0.1, 0.15) is 37.6 Å². The molecule has 2 unspecified atom stereocenters. The lowest BCUT2D eigenvalue weighted by molar-refractivity contribution is 0.234. The monoisotopic (exact) mass is 340 g/mol. The highest BCUT2D eigenvalue weighted by atomic mass is 15.3. The van der Waals surface area contributed by atoms with Crippen LogP contribution in [0.5, 0.6) is 0 Å². The fourth-order valence-corrected chi connectivity index (χ4v) is 3.57. The summed E-state index contributed by atoms with van der Waals surface area (Å²) in [6, 6.07) is 10.9. The van der Waals surface area contributed by atoms with Crippen molar-refractivity contribution in [3.8, 4) is 0 Å². The number of aromatic nitrogens is 3. The molecule has 134 valence electrons. The molecule has 1 aliphatic rings. The first-order valence-corrected chi connectivity index (χ1v) is 9.10. The molecule has 25 heavy (non-hydrogen) atoms. The van der Waals surface area contributed by atoms with Crippen LogP contribution >= 0.6 is 0 Å². The molecule has 2 aromatic rings. The van der Waals surface area contributed by atoms with Crippen LogP contribution in [0, 0.1) is 5.92 Å². The zero-order chi connectivity index (χ0) is 17.6. The van der Waals surface area contributed by atoms with Crippen LogP contribution in [0.3, 0.4) is 0 Å². The van der Waals surface area contributed by atoms with E-state index in [0.717, 1.165) is 37.8 Å². The first kappa shape index (κ1) is 17.5. The lowest BCUT2D eigenvalue weighted by Crippen LogP contribution is -2.48. The minimum absolute atomic E-state index is 0.547. The van der Waals surface area contributed by atoms with Crippen LogP contribution in [0.4, 0.5) is 0 Å². The Morgan fingerprint density at radius 2 is 2.12 bits per heavy atom. The number of aryl methyl sites for hydroxylation is 1. The normalized spacial score (nSPS) is 21.4. The zero-order valence-corrected chi connectivity index (χ0v) is 15.4. The Bertz CT molecular complexity index is 693. The third kappa shape index (κ3) is 4.18. The maximum absolute atomic E-state index is 4.78. The van der Waals surface area contributed by atoms with Crippen LogP contribution in [-0.4, -0.2) is 45.3 Å². The summed E-state index contributed by atoms with van der Waals surface area (Å²) >= 11 is 0. The third-order valence-corrected chi connectivity index (χ3v) is 4.94. The van der Waals surface area contributed by atoms with Gasteiger partial charge in [-0.2, -0.15) is 5.10 Å². The number of aliphatic imine (C=N–C) groups is 1. The van der Waals surface area contributed by atoms with E-state index in [2.05, 4.69) is 64.5 Å². The average molecular weight is 340 g/mol. The largest absolute Gasteiger partial charge is 0.357 e. The molecule has 6 nitrogen and oxygen atoms in total. The Morgan fingerprint density at radius 1 is 1.32 bits per heavy atom. The van der Waals surface area contributed by atoms with Gasteiger partial charge in [-0.05, 0) is 30.7 Å². The molecule has 1 N–H and O–H groups in total. The molecule has 6 heteroatoms. The molecular formula is C19H28N6. The van der Waals surface area contributed by atoms with Gasteiger partial charge in [0.2, 0.25) is 0 Å². The summed E-state index contributed by atoms with van der Waals surface area (Å²) in [5.41, 5.74) is 1.45. The molecule has 1 fully saturated rings. The van der Waals surface area contributed by atoms with E-state index in [9.17, 15) is 0 Å². The lowest BCUT2D eigenvalue weighted by Gasteiger charge is -2.39. The summed E-state index contributed by atoms with van der Waals surface area (Å²) < 4.78 is 1.78. The van der Waals surface area contributed by atoms with Crippen molar-refractivity contribution in [2.75, 3.05) is 19.6 Å². The van der Waals surface area contributed by atoms with Gasteiger partial charge in [0.05, 0.1) is 0 Å². The lowest BCUT2D eigenvalue weighted by atomic mass is 9.82. The zero-order valence-electron chi connectivity index (χ0n) is 15.4. The van der Waals surface area contributed by atoms with Gasteiger partial charge in [0.1, 0.15) is 18.7 Å². The number of piperidine rings is 1. The van der Waals surface area contributed by atoms with Crippen molar-refractivity contribution in [1.29, 1.82) is 0 Å². The van der Waals surface area contributed by atoms with Gasteiger partial charge in [-0.15, -0.1) is 0 Å². The van der Waals surface area contributed by atoms with Crippen molar-refractivity contribution >= 4 is 5.96 Å². The van der Waals surface area contributed by atoms with E-state index in [0.29, 0.717) is 18.4 Å². The molecule has 0 saturated carbocycles. The fraction of sp³-hybridized carbons (Fsp3) is 0.526. The predicted molar refractivity (Wildman–Crippen MR) is 100 cm³/mol. The molecule has 0 amide bonds. The van der Waals surface area contributed by atoms with Gasteiger partial charge in [-0.25, -0.2) is 9.98 Å². The first-order chi connectivity index (χ1) is 12.2. The number of likely N-dealkylation sites (tertiary alicyclic amines) is 1.